The van der Waals surface area contributed by atoms with Crippen LogP contribution in [0.3, 0.4) is 0 Å². The van der Waals surface area contributed by atoms with Crippen LogP contribution in [0.25, 0.3) is 0 Å². The zero-order valence-corrected chi connectivity index (χ0v) is 18.1. The molecule has 0 bridgehead atoms. The molecule has 0 saturated heterocycles. The van der Waals surface area contributed by atoms with E-state index >= 15 is 0 Å². The number of rotatable bonds is 4. The number of alkyl halides is 3. The summed E-state index contributed by atoms with van der Waals surface area (Å²) in [5.41, 5.74) is 2.68. The van der Waals surface area contributed by atoms with Gasteiger partial charge in [0.15, 0.2) is 0 Å². The number of urea groups is 1. The highest BCUT2D eigenvalue weighted by molar-refractivity contribution is 7.98. The lowest BCUT2D eigenvalue weighted by Crippen LogP contribution is -2.47. The molecule has 1 aliphatic rings. The van der Waals surface area contributed by atoms with Crippen LogP contribution in [0.15, 0.2) is 65.8 Å². The van der Waals surface area contributed by atoms with Crippen molar-refractivity contribution in [3.8, 4) is 0 Å². The third kappa shape index (κ3) is 4.44. The van der Waals surface area contributed by atoms with E-state index in [2.05, 4.69) is 4.98 Å². The molecule has 0 saturated carbocycles. The smallest absolute Gasteiger partial charge is 0.292 e. The van der Waals surface area contributed by atoms with Crippen molar-refractivity contribution in [1.29, 1.82) is 0 Å². The molecule has 0 atom stereocenters. The summed E-state index contributed by atoms with van der Waals surface area (Å²) in [6, 6.07) is 13.0. The largest absolute Gasteiger partial charge is 0.417 e. The van der Waals surface area contributed by atoms with E-state index in [9.17, 15) is 18.0 Å². The summed E-state index contributed by atoms with van der Waals surface area (Å²) >= 11 is 1.04. The number of carbonyl (C=O) groups excluding carboxylic acids is 1. The van der Waals surface area contributed by atoms with Gasteiger partial charge in [-0.2, -0.15) is 13.2 Å². The van der Waals surface area contributed by atoms with E-state index < -0.39 is 17.8 Å². The molecule has 1 aromatic heterocycles. The topological polar surface area (TPSA) is 62.5 Å². The number of thioether (sulfide) groups is 1. The Morgan fingerprint density at radius 1 is 1.16 bits per heavy atom. The van der Waals surface area contributed by atoms with Crippen molar-refractivity contribution in [2.24, 2.45) is 5.84 Å². The van der Waals surface area contributed by atoms with Crippen molar-refractivity contribution in [3.05, 3.63) is 83.2 Å². The van der Waals surface area contributed by atoms with Crippen LogP contribution < -0.4 is 15.8 Å². The monoisotopic (exact) mass is 458 g/mol. The number of hydrogen-bond acceptors (Lipinski definition) is 4. The molecule has 2 amide bonds. The molecule has 2 heterocycles. The first kappa shape index (κ1) is 22.2. The number of hydrazine groups is 1. The Kier molecular flexibility index (Phi) is 6.12. The second kappa shape index (κ2) is 8.84. The number of fused-ring (bicyclic) bond motifs is 1. The molecule has 0 spiro atoms. The zero-order chi connectivity index (χ0) is 22.9. The third-order valence-corrected chi connectivity index (χ3v) is 6.16. The van der Waals surface area contributed by atoms with Crippen molar-refractivity contribution >= 4 is 29.2 Å². The molecule has 0 fully saturated rings. The quantitative estimate of drug-likeness (QED) is 0.250. The number of pyridine rings is 1. The van der Waals surface area contributed by atoms with Gasteiger partial charge in [0.05, 0.1) is 11.3 Å². The zero-order valence-electron chi connectivity index (χ0n) is 17.3. The molecule has 0 unspecified atom stereocenters. The number of aromatic nitrogens is 1. The Bertz CT molecular complexity index is 1140. The average molecular weight is 459 g/mol. The molecule has 2 N–H and O–H groups in total. The first-order valence-corrected chi connectivity index (χ1v) is 11.1. The van der Waals surface area contributed by atoms with Gasteiger partial charge in [-0.3, -0.25) is 9.88 Å². The van der Waals surface area contributed by atoms with Crippen molar-refractivity contribution in [2.75, 3.05) is 22.7 Å². The second-order valence-corrected chi connectivity index (χ2v) is 8.28. The number of carbonyl (C=O) groups is 1. The minimum absolute atomic E-state index is 0.152. The lowest BCUT2D eigenvalue weighted by molar-refractivity contribution is -0.139. The Labute approximate surface area is 188 Å². The Hall–Kier alpha value is -3.04. The van der Waals surface area contributed by atoms with E-state index in [4.69, 9.17) is 5.84 Å². The van der Waals surface area contributed by atoms with Crippen LogP contribution in [0, 0.1) is 0 Å². The highest BCUT2D eigenvalue weighted by atomic mass is 32.2. The Morgan fingerprint density at radius 2 is 1.91 bits per heavy atom. The molecule has 9 heteroatoms. The third-order valence-electron chi connectivity index (χ3n) is 5.39. The van der Waals surface area contributed by atoms with Crippen LogP contribution in [-0.4, -0.2) is 23.8 Å². The van der Waals surface area contributed by atoms with E-state index in [0.717, 1.165) is 34.0 Å². The maximum Gasteiger partial charge on any atom is 0.417 e. The summed E-state index contributed by atoms with van der Waals surface area (Å²) in [5, 5.41) is 0.987. The molecule has 3 aromatic rings. The minimum atomic E-state index is -4.51. The lowest BCUT2D eigenvalue weighted by Gasteiger charge is -2.25. The van der Waals surface area contributed by atoms with E-state index in [1.54, 1.807) is 36.8 Å². The molecule has 166 valence electrons. The molecular weight excluding hydrogens is 437 g/mol. The predicted molar refractivity (Wildman–Crippen MR) is 120 cm³/mol. The molecule has 0 radical (unpaired) electrons. The molecular formula is C23H21F3N4OS. The average Bonchev–Trinajstić information content (AvgIpc) is 3.20. The minimum Gasteiger partial charge on any atom is -0.292 e. The van der Waals surface area contributed by atoms with Crippen molar-refractivity contribution in [3.63, 3.8) is 0 Å². The van der Waals surface area contributed by atoms with E-state index in [-0.39, 0.29) is 17.1 Å². The standard InChI is InChI=1S/C23H21F3N4OS/c1-32-21-13-17-7-10-29(20(17)14-19(21)23(24,25)26)22(31)30(27)18-4-2-3-16(12-18)11-15-5-8-28-9-6-15/h2-6,8-9,12-14H,7,10-11,27H2,1H3. The van der Waals surface area contributed by atoms with Gasteiger partial charge in [-0.05, 0) is 72.2 Å². The van der Waals surface area contributed by atoms with Gasteiger partial charge < -0.3 is 0 Å². The van der Waals surface area contributed by atoms with Crippen LogP contribution in [-0.2, 0) is 19.0 Å². The van der Waals surface area contributed by atoms with Gasteiger partial charge in [-0.1, -0.05) is 12.1 Å². The van der Waals surface area contributed by atoms with Crippen LogP contribution in [0.2, 0.25) is 0 Å². The maximum absolute atomic E-state index is 13.5. The molecule has 5 nitrogen and oxygen atoms in total. The molecule has 32 heavy (non-hydrogen) atoms. The summed E-state index contributed by atoms with van der Waals surface area (Å²) in [4.78, 5) is 18.6. The predicted octanol–water partition coefficient (Wildman–Crippen LogP) is 5.28. The van der Waals surface area contributed by atoms with E-state index in [1.807, 2.05) is 18.2 Å². The lowest BCUT2D eigenvalue weighted by atomic mass is 10.1. The summed E-state index contributed by atoms with van der Waals surface area (Å²) in [5.74, 6) is 6.12. The first-order valence-electron chi connectivity index (χ1n) is 9.90. The fraction of sp³-hybridized carbons (Fsp3) is 0.217. The number of amides is 2. The fourth-order valence-corrected chi connectivity index (χ4v) is 4.45. The van der Waals surface area contributed by atoms with Gasteiger partial charge in [0, 0.05) is 29.5 Å². The fourth-order valence-electron chi connectivity index (χ4n) is 3.80. The van der Waals surface area contributed by atoms with Crippen molar-refractivity contribution in [2.45, 2.75) is 23.9 Å². The van der Waals surface area contributed by atoms with Gasteiger partial charge >= 0.3 is 12.2 Å². The van der Waals surface area contributed by atoms with Crippen LogP contribution in [0.4, 0.5) is 29.3 Å². The van der Waals surface area contributed by atoms with Gasteiger partial charge in [0.25, 0.3) is 0 Å². The molecule has 0 aliphatic carbocycles. The second-order valence-electron chi connectivity index (χ2n) is 7.44. The van der Waals surface area contributed by atoms with Crippen molar-refractivity contribution < 1.29 is 18.0 Å². The SMILES string of the molecule is CSc1cc2c(cc1C(F)(F)F)N(C(=O)N(N)c1cccc(Cc3ccncc3)c1)CC2. The Morgan fingerprint density at radius 3 is 2.59 bits per heavy atom. The van der Waals surface area contributed by atoms with E-state index in [1.165, 1.54) is 11.0 Å². The van der Waals surface area contributed by atoms with Gasteiger partial charge in [0.1, 0.15) is 0 Å². The van der Waals surface area contributed by atoms with Gasteiger partial charge in [-0.15, -0.1) is 11.8 Å². The highest BCUT2D eigenvalue weighted by Crippen LogP contribution is 2.42. The summed E-state index contributed by atoms with van der Waals surface area (Å²) in [6.07, 6.45) is 1.63. The van der Waals surface area contributed by atoms with Crippen molar-refractivity contribution in [1.82, 2.24) is 4.98 Å². The molecule has 1 aliphatic heterocycles. The van der Waals surface area contributed by atoms with Crippen LogP contribution >= 0.6 is 11.8 Å². The number of anilines is 2. The number of hydrogen-bond donors (Lipinski definition) is 1. The summed E-state index contributed by atoms with van der Waals surface area (Å²) in [7, 11) is 0. The summed E-state index contributed by atoms with van der Waals surface area (Å²) < 4.78 is 40.6. The Balaban J connectivity index is 1.59. The number of halogens is 3. The normalized spacial score (nSPS) is 13.2. The number of benzene rings is 2. The van der Waals surface area contributed by atoms with Gasteiger partial charge in [0.2, 0.25) is 0 Å². The molecule has 4 rings (SSSR count). The summed E-state index contributed by atoms with van der Waals surface area (Å²) in [6.45, 7) is 0.272. The van der Waals surface area contributed by atoms with Crippen LogP contribution in [0.1, 0.15) is 22.3 Å². The number of nitrogens with two attached hydrogens (primary N) is 1. The first-order chi connectivity index (χ1) is 15.3. The van der Waals surface area contributed by atoms with Crippen LogP contribution in [0.5, 0.6) is 0 Å². The van der Waals surface area contributed by atoms with E-state index in [0.29, 0.717) is 24.1 Å². The molecule has 2 aromatic carbocycles. The maximum atomic E-state index is 13.5. The van der Waals surface area contributed by atoms with Gasteiger partial charge in [-0.25, -0.2) is 15.6 Å². The highest BCUT2D eigenvalue weighted by Gasteiger charge is 2.37. The number of nitrogens with zero attached hydrogens (tertiary/aromatic N) is 3.